The van der Waals surface area contributed by atoms with Crippen LogP contribution < -0.4 is 4.74 Å². The van der Waals surface area contributed by atoms with Crippen molar-refractivity contribution in [2.24, 2.45) is 0 Å². The lowest BCUT2D eigenvalue weighted by atomic mass is 10.2. The van der Waals surface area contributed by atoms with Gasteiger partial charge in [0, 0.05) is 0 Å². The van der Waals surface area contributed by atoms with Crippen molar-refractivity contribution in [3.8, 4) is 11.8 Å². The molecule has 1 aromatic carbocycles. The van der Waals surface area contributed by atoms with Crippen LogP contribution in [0, 0.1) is 11.3 Å². The Morgan fingerprint density at radius 1 is 1.47 bits per heavy atom. The maximum Gasteiger partial charge on any atom is 0.410 e. The molecule has 0 aromatic heterocycles. The molecule has 5 nitrogen and oxygen atoms in total. The summed E-state index contributed by atoms with van der Waals surface area (Å²) in [7, 11) is 0. The Hall–Kier alpha value is -2.22. The van der Waals surface area contributed by atoms with E-state index in [1.165, 1.54) is 0 Å². The third-order valence-electron chi connectivity index (χ3n) is 2.47. The van der Waals surface area contributed by atoms with Crippen molar-refractivity contribution in [2.75, 3.05) is 26.3 Å². The quantitative estimate of drug-likeness (QED) is 0.787. The van der Waals surface area contributed by atoms with Crippen LogP contribution in [-0.2, 0) is 4.74 Å². The maximum absolute atomic E-state index is 11.1. The molecule has 1 saturated heterocycles. The van der Waals surface area contributed by atoms with Crippen molar-refractivity contribution in [1.29, 1.82) is 5.26 Å². The first kappa shape index (κ1) is 11.3. The zero-order valence-corrected chi connectivity index (χ0v) is 9.26. The van der Waals surface area contributed by atoms with E-state index >= 15 is 0 Å². The summed E-state index contributed by atoms with van der Waals surface area (Å²) in [5, 5.41) is 8.86. The number of cyclic esters (lactones) is 1. The summed E-state index contributed by atoms with van der Waals surface area (Å²) >= 11 is 0. The van der Waals surface area contributed by atoms with E-state index in [1.807, 2.05) is 0 Å². The standard InChI is InChI=1S/C12H12N2O3/c13-9-10-3-1-2-4-11(10)16-7-5-14-6-8-17-12(14)15/h1-4H,5-8H2. The summed E-state index contributed by atoms with van der Waals surface area (Å²) in [6, 6.07) is 9.07. The highest BCUT2D eigenvalue weighted by Crippen LogP contribution is 2.16. The van der Waals surface area contributed by atoms with Crippen molar-refractivity contribution in [2.45, 2.75) is 0 Å². The van der Waals surface area contributed by atoms with E-state index in [2.05, 4.69) is 6.07 Å². The highest BCUT2D eigenvalue weighted by molar-refractivity contribution is 5.69. The molecule has 0 aliphatic carbocycles. The second kappa shape index (κ2) is 5.21. The Kier molecular flexibility index (Phi) is 3.46. The zero-order valence-electron chi connectivity index (χ0n) is 9.26. The van der Waals surface area contributed by atoms with Gasteiger partial charge in [-0.15, -0.1) is 0 Å². The Labute approximate surface area is 99.2 Å². The average molecular weight is 232 g/mol. The molecule has 0 radical (unpaired) electrons. The predicted octanol–water partition coefficient (Wildman–Crippen LogP) is 1.39. The number of para-hydroxylation sites is 1. The van der Waals surface area contributed by atoms with Gasteiger partial charge in [0.2, 0.25) is 0 Å². The summed E-state index contributed by atoms with van der Waals surface area (Å²) in [6.45, 7) is 1.86. The second-order valence-corrected chi connectivity index (χ2v) is 3.56. The van der Waals surface area contributed by atoms with Gasteiger partial charge in [0.15, 0.2) is 0 Å². The smallest absolute Gasteiger partial charge is 0.410 e. The Morgan fingerprint density at radius 3 is 3.00 bits per heavy atom. The van der Waals surface area contributed by atoms with Gasteiger partial charge in [0.1, 0.15) is 25.0 Å². The highest BCUT2D eigenvalue weighted by atomic mass is 16.6. The van der Waals surface area contributed by atoms with Crippen molar-refractivity contribution >= 4 is 6.09 Å². The molecule has 17 heavy (non-hydrogen) atoms. The highest BCUT2D eigenvalue weighted by Gasteiger charge is 2.21. The Morgan fingerprint density at radius 2 is 2.29 bits per heavy atom. The lowest BCUT2D eigenvalue weighted by Crippen LogP contribution is -2.29. The van der Waals surface area contributed by atoms with E-state index in [0.717, 1.165) is 0 Å². The molecule has 5 heteroatoms. The molecule has 88 valence electrons. The minimum atomic E-state index is -0.304. The lowest BCUT2D eigenvalue weighted by molar-refractivity contribution is 0.153. The summed E-state index contributed by atoms with van der Waals surface area (Å²) in [4.78, 5) is 12.7. The molecule has 0 N–H and O–H groups in total. The SMILES string of the molecule is N#Cc1ccccc1OCCN1CCOC1=O. The van der Waals surface area contributed by atoms with Crippen LogP contribution in [0.15, 0.2) is 24.3 Å². The summed E-state index contributed by atoms with van der Waals surface area (Å²) < 4.78 is 10.3. The van der Waals surface area contributed by atoms with Gasteiger partial charge in [-0.2, -0.15) is 5.26 Å². The number of ether oxygens (including phenoxy) is 2. The zero-order chi connectivity index (χ0) is 12.1. The lowest BCUT2D eigenvalue weighted by Gasteiger charge is -2.13. The molecule has 1 aliphatic rings. The molecule has 1 heterocycles. The summed E-state index contributed by atoms with van der Waals surface area (Å²) in [5.41, 5.74) is 0.497. The van der Waals surface area contributed by atoms with E-state index in [0.29, 0.717) is 37.6 Å². The predicted molar refractivity (Wildman–Crippen MR) is 59.6 cm³/mol. The van der Waals surface area contributed by atoms with Gasteiger partial charge >= 0.3 is 6.09 Å². The number of nitrogens with zero attached hydrogens (tertiary/aromatic N) is 2. The molecule has 1 amide bonds. The molecule has 0 bridgehead atoms. The molecule has 0 spiro atoms. The number of rotatable bonds is 4. The van der Waals surface area contributed by atoms with E-state index in [9.17, 15) is 4.79 Å². The Balaban J connectivity index is 1.86. The average Bonchev–Trinajstić information content (AvgIpc) is 2.76. The number of hydrogen-bond acceptors (Lipinski definition) is 4. The van der Waals surface area contributed by atoms with Crippen molar-refractivity contribution in [1.82, 2.24) is 4.90 Å². The fraction of sp³-hybridized carbons (Fsp3) is 0.333. The van der Waals surface area contributed by atoms with E-state index in [4.69, 9.17) is 14.7 Å². The van der Waals surface area contributed by atoms with Gasteiger partial charge in [-0.05, 0) is 12.1 Å². The number of nitriles is 1. The van der Waals surface area contributed by atoms with Crippen molar-refractivity contribution in [3.05, 3.63) is 29.8 Å². The monoisotopic (exact) mass is 232 g/mol. The second-order valence-electron chi connectivity index (χ2n) is 3.56. The molecule has 1 aromatic rings. The van der Waals surface area contributed by atoms with Gasteiger partial charge in [0.25, 0.3) is 0 Å². The Bertz CT molecular complexity index is 453. The van der Waals surface area contributed by atoms with Crippen molar-refractivity contribution < 1.29 is 14.3 Å². The topological polar surface area (TPSA) is 62.6 Å². The van der Waals surface area contributed by atoms with E-state index < -0.39 is 0 Å². The number of carbonyl (C=O) groups excluding carboxylic acids is 1. The van der Waals surface area contributed by atoms with Gasteiger partial charge in [0.05, 0.1) is 18.7 Å². The third-order valence-corrected chi connectivity index (χ3v) is 2.47. The molecular weight excluding hydrogens is 220 g/mol. The maximum atomic E-state index is 11.1. The molecule has 2 rings (SSSR count). The molecule has 0 saturated carbocycles. The van der Waals surface area contributed by atoms with Crippen LogP contribution in [0.25, 0.3) is 0 Å². The van der Waals surface area contributed by atoms with E-state index in [-0.39, 0.29) is 6.09 Å². The molecule has 1 fully saturated rings. The van der Waals surface area contributed by atoms with Crippen LogP contribution in [0.3, 0.4) is 0 Å². The van der Waals surface area contributed by atoms with Gasteiger partial charge < -0.3 is 14.4 Å². The van der Waals surface area contributed by atoms with Crippen LogP contribution in [0.5, 0.6) is 5.75 Å². The molecule has 0 atom stereocenters. The minimum absolute atomic E-state index is 0.304. The number of hydrogen-bond donors (Lipinski definition) is 0. The fourth-order valence-electron chi connectivity index (χ4n) is 1.58. The number of amides is 1. The molecule has 1 aliphatic heterocycles. The summed E-state index contributed by atoms with van der Waals surface area (Å²) in [5.74, 6) is 0.544. The first-order valence-corrected chi connectivity index (χ1v) is 5.35. The van der Waals surface area contributed by atoms with Crippen LogP contribution in [-0.4, -0.2) is 37.3 Å². The van der Waals surface area contributed by atoms with Crippen molar-refractivity contribution in [3.63, 3.8) is 0 Å². The first-order chi connectivity index (χ1) is 8.31. The van der Waals surface area contributed by atoms with Gasteiger partial charge in [-0.3, -0.25) is 0 Å². The van der Waals surface area contributed by atoms with Gasteiger partial charge in [-0.1, -0.05) is 12.1 Å². The van der Waals surface area contributed by atoms with E-state index in [1.54, 1.807) is 29.2 Å². The van der Waals surface area contributed by atoms with Crippen LogP contribution in [0.2, 0.25) is 0 Å². The number of carbonyl (C=O) groups is 1. The molecule has 0 unspecified atom stereocenters. The summed E-state index contributed by atoms with van der Waals surface area (Å²) in [6.07, 6.45) is -0.304. The largest absolute Gasteiger partial charge is 0.490 e. The van der Waals surface area contributed by atoms with Gasteiger partial charge in [-0.25, -0.2) is 4.79 Å². The van der Waals surface area contributed by atoms with Crippen LogP contribution in [0.1, 0.15) is 5.56 Å². The number of benzene rings is 1. The van der Waals surface area contributed by atoms with Crippen LogP contribution >= 0.6 is 0 Å². The van der Waals surface area contributed by atoms with Crippen LogP contribution in [0.4, 0.5) is 4.79 Å². The first-order valence-electron chi connectivity index (χ1n) is 5.35. The minimum Gasteiger partial charge on any atom is -0.490 e. The third kappa shape index (κ3) is 2.67. The fourth-order valence-corrected chi connectivity index (χ4v) is 1.58. The normalized spacial score (nSPS) is 14.3. The molecular formula is C12H12N2O3.